The SMILES string of the molecule is CC(C)N(C)S(=O)(=O)c1cccc(C(=O)N2CCN(C(=O)c3ccccc3O)CC2)c1. The van der Waals surface area contributed by atoms with Crippen LogP contribution in [-0.2, 0) is 10.0 Å². The molecule has 166 valence electrons. The number of amides is 2. The highest BCUT2D eigenvalue weighted by Gasteiger charge is 2.28. The summed E-state index contributed by atoms with van der Waals surface area (Å²) in [6.45, 7) is 4.85. The van der Waals surface area contributed by atoms with Crippen LogP contribution in [0.3, 0.4) is 0 Å². The smallest absolute Gasteiger partial charge is 0.257 e. The van der Waals surface area contributed by atoms with Crippen molar-refractivity contribution in [2.75, 3.05) is 33.2 Å². The molecule has 1 aliphatic heterocycles. The van der Waals surface area contributed by atoms with E-state index in [2.05, 4.69) is 0 Å². The highest BCUT2D eigenvalue weighted by Crippen LogP contribution is 2.21. The van der Waals surface area contributed by atoms with Gasteiger partial charge in [0.2, 0.25) is 10.0 Å². The van der Waals surface area contributed by atoms with Gasteiger partial charge >= 0.3 is 0 Å². The van der Waals surface area contributed by atoms with Crippen molar-refractivity contribution in [3.63, 3.8) is 0 Å². The van der Waals surface area contributed by atoms with E-state index in [1.165, 1.54) is 29.6 Å². The van der Waals surface area contributed by atoms with Gasteiger partial charge < -0.3 is 14.9 Å². The summed E-state index contributed by atoms with van der Waals surface area (Å²) in [6, 6.07) is 12.2. The number of sulfonamides is 1. The number of benzene rings is 2. The van der Waals surface area contributed by atoms with Gasteiger partial charge in [-0.2, -0.15) is 4.31 Å². The van der Waals surface area contributed by atoms with Gasteiger partial charge in [-0.25, -0.2) is 8.42 Å². The average Bonchev–Trinajstić information content (AvgIpc) is 2.78. The van der Waals surface area contributed by atoms with E-state index in [1.54, 1.807) is 54.0 Å². The summed E-state index contributed by atoms with van der Waals surface area (Å²) < 4.78 is 26.7. The van der Waals surface area contributed by atoms with Gasteiger partial charge in [0.05, 0.1) is 10.5 Å². The van der Waals surface area contributed by atoms with Crippen molar-refractivity contribution in [3.05, 3.63) is 59.7 Å². The van der Waals surface area contributed by atoms with Crippen molar-refractivity contribution in [2.24, 2.45) is 0 Å². The Hall–Kier alpha value is -2.91. The van der Waals surface area contributed by atoms with Crippen LogP contribution in [0.2, 0.25) is 0 Å². The number of hydrogen-bond acceptors (Lipinski definition) is 5. The predicted octanol–water partition coefficient (Wildman–Crippen LogP) is 2.02. The first-order valence-electron chi connectivity index (χ1n) is 10.1. The van der Waals surface area contributed by atoms with Gasteiger partial charge in [-0.05, 0) is 44.2 Å². The van der Waals surface area contributed by atoms with Crippen molar-refractivity contribution >= 4 is 21.8 Å². The largest absolute Gasteiger partial charge is 0.507 e. The van der Waals surface area contributed by atoms with E-state index in [4.69, 9.17) is 0 Å². The predicted molar refractivity (Wildman–Crippen MR) is 116 cm³/mol. The number of phenols is 1. The highest BCUT2D eigenvalue weighted by atomic mass is 32.2. The number of carbonyl (C=O) groups excluding carboxylic acids is 2. The Kier molecular flexibility index (Phi) is 6.66. The van der Waals surface area contributed by atoms with Gasteiger partial charge in [-0.3, -0.25) is 9.59 Å². The lowest BCUT2D eigenvalue weighted by molar-refractivity contribution is 0.0533. The quantitative estimate of drug-likeness (QED) is 0.759. The fourth-order valence-electron chi connectivity index (χ4n) is 3.35. The van der Waals surface area contributed by atoms with Crippen molar-refractivity contribution in [1.29, 1.82) is 0 Å². The van der Waals surface area contributed by atoms with Gasteiger partial charge in [0.1, 0.15) is 5.75 Å². The Balaban J connectivity index is 1.70. The molecule has 2 aromatic rings. The first kappa shape index (κ1) is 22.8. The molecule has 9 heteroatoms. The molecule has 0 saturated carbocycles. The molecule has 0 bridgehead atoms. The Labute approximate surface area is 182 Å². The zero-order chi connectivity index (χ0) is 22.8. The van der Waals surface area contributed by atoms with Crippen molar-refractivity contribution in [2.45, 2.75) is 24.8 Å². The second-order valence-corrected chi connectivity index (χ2v) is 9.74. The van der Waals surface area contributed by atoms with E-state index >= 15 is 0 Å². The lowest BCUT2D eigenvalue weighted by Crippen LogP contribution is -2.50. The number of nitrogens with zero attached hydrogens (tertiary/aromatic N) is 3. The van der Waals surface area contributed by atoms with E-state index in [1.807, 2.05) is 0 Å². The molecule has 31 heavy (non-hydrogen) atoms. The fourth-order valence-corrected chi connectivity index (χ4v) is 4.77. The van der Waals surface area contributed by atoms with Crippen molar-refractivity contribution in [3.8, 4) is 5.75 Å². The molecule has 8 nitrogen and oxygen atoms in total. The van der Waals surface area contributed by atoms with Crippen LogP contribution in [0.1, 0.15) is 34.6 Å². The zero-order valence-corrected chi connectivity index (χ0v) is 18.7. The maximum absolute atomic E-state index is 13.0. The summed E-state index contributed by atoms with van der Waals surface area (Å²) in [5, 5.41) is 9.90. The zero-order valence-electron chi connectivity index (χ0n) is 17.9. The van der Waals surface area contributed by atoms with Crippen LogP contribution in [0.25, 0.3) is 0 Å². The number of carbonyl (C=O) groups is 2. The normalized spacial score (nSPS) is 14.9. The van der Waals surface area contributed by atoms with Crippen LogP contribution in [0.5, 0.6) is 5.75 Å². The maximum atomic E-state index is 13.0. The summed E-state index contributed by atoms with van der Waals surface area (Å²) in [4.78, 5) is 28.9. The molecule has 3 rings (SSSR count). The molecule has 0 aliphatic carbocycles. The van der Waals surface area contributed by atoms with Crippen LogP contribution in [0, 0.1) is 0 Å². The summed E-state index contributed by atoms with van der Waals surface area (Å²) >= 11 is 0. The van der Waals surface area contributed by atoms with Crippen molar-refractivity contribution < 1.29 is 23.1 Å². The molecular formula is C22H27N3O5S. The molecule has 2 amide bonds. The Morgan fingerprint density at radius 1 is 0.935 bits per heavy atom. The lowest BCUT2D eigenvalue weighted by atomic mass is 10.1. The van der Waals surface area contributed by atoms with Crippen LogP contribution in [0.4, 0.5) is 0 Å². The molecule has 2 aromatic carbocycles. The Bertz CT molecular complexity index is 1080. The molecule has 1 saturated heterocycles. The fraction of sp³-hybridized carbons (Fsp3) is 0.364. The Morgan fingerprint density at radius 3 is 2.10 bits per heavy atom. The number of piperazine rings is 1. The van der Waals surface area contributed by atoms with E-state index in [-0.39, 0.29) is 34.1 Å². The molecule has 0 unspecified atom stereocenters. The van der Waals surface area contributed by atoms with Gasteiger partial charge in [-0.15, -0.1) is 0 Å². The number of para-hydroxylation sites is 1. The standard InChI is InChI=1S/C22H27N3O5S/c1-16(2)23(3)31(29,30)18-8-6-7-17(15-18)21(27)24-11-13-25(14-12-24)22(28)19-9-4-5-10-20(19)26/h4-10,15-16,26H,11-14H2,1-3H3. The first-order chi connectivity index (χ1) is 14.6. The minimum absolute atomic E-state index is 0.0721. The third-order valence-electron chi connectivity index (χ3n) is 5.47. The molecule has 0 spiro atoms. The molecule has 0 aromatic heterocycles. The van der Waals surface area contributed by atoms with Gasteiger partial charge in [0.15, 0.2) is 0 Å². The topological polar surface area (TPSA) is 98.2 Å². The molecular weight excluding hydrogens is 418 g/mol. The maximum Gasteiger partial charge on any atom is 0.257 e. The molecule has 1 aliphatic rings. The lowest BCUT2D eigenvalue weighted by Gasteiger charge is -2.35. The van der Waals surface area contributed by atoms with E-state index in [0.717, 1.165) is 0 Å². The van der Waals surface area contributed by atoms with Gasteiger partial charge in [-0.1, -0.05) is 18.2 Å². The van der Waals surface area contributed by atoms with Crippen molar-refractivity contribution in [1.82, 2.24) is 14.1 Å². The number of aromatic hydroxyl groups is 1. The van der Waals surface area contributed by atoms with Gasteiger partial charge in [0, 0.05) is 44.8 Å². The summed E-state index contributed by atoms with van der Waals surface area (Å²) in [7, 11) is -2.18. The molecule has 1 N–H and O–H groups in total. The monoisotopic (exact) mass is 445 g/mol. The first-order valence-corrected chi connectivity index (χ1v) is 11.5. The summed E-state index contributed by atoms with van der Waals surface area (Å²) in [6.07, 6.45) is 0. The average molecular weight is 446 g/mol. The van der Waals surface area contributed by atoms with Crippen LogP contribution in [-0.4, -0.2) is 78.7 Å². The second kappa shape index (κ2) is 9.07. The third-order valence-corrected chi connectivity index (χ3v) is 7.50. The van der Waals surface area contributed by atoms with E-state index in [0.29, 0.717) is 31.7 Å². The van der Waals surface area contributed by atoms with Crippen LogP contribution < -0.4 is 0 Å². The van der Waals surface area contributed by atoms with E-state index < -0.39 is 10.0 Å². The minimum Gasteiger partial charge on any atom is -0.507 e. The third kappa shape index (κ3) is 4.72. The summed E-state index contributed by atoms with van der Waals surface area (Å²) in [5.74, 6) is -0.635. The molecule has 0 atom stereocenters. The van der Waals surface area contributed by atoms with Gasteiger partial charge in [0.25, 0.3) is 11.8 Å². The minimum atomic E-state index is -3.69. The van der Waals surface area contributed by atoms with Crippen LogP contribution >= 0.6 is 0 Å². The number of rotatable bonds is 5. The number of hydrogen-bond donors (Lipinski definition) is 1. The molecule has 0 radical (unpaired) electrons. The molecule has 1 heterocycles. The van der Waals surface area contributed by atoms with E-state index in [9.17, 15) is 23.1 Å². The summed E-state index contributed by atoms with van der Waals surface area (Å²) in [5.41, 5.74) is 0.521. The Morgan fingerprint density at radius 2 is 1.52 bits per heavy atom. The number of phenolic OH excluding ortho intramolecular Hbond substituents is 1. The highest BCUT2D eigenvalue weighted by molar-refractivity contribution is 7.89. The van der Waals surface area contributed by atoms with Crippen LogP contribution in [0.15, 0.2) is 53.4 Å². The molecule has 1 fully saturated rings. The second-order valence-electron chi connectivity index (χ2n) is 7.74.